The Morgan fingerprint density at radius 1 is 1.15 bits per heavy atom. The second-order valence-corrected chi connectivity index (χ2v) is 9.52. The predicted molar refractivity (Wildman–Crippen MR) is 128 cm³/mol. The number of hydrogen-bond donors (Lipinski definition) is 1. The Labute approximate surface area is 200 Å². The standard InChI is InChI=1S/C26H36N2O6/c1-16-26(25(30)33-5)14-18(8-6-7-11-34-17(2)29)15-28(16)10-9-19-20-12-22(31-3)23(32-4)13-21(20)27-24(19)26/h12-13,16,18,27H,6-11,14-15H2,1-5H3/t16?,18-,26?/m0/s1. The lowest BCUT2D eigenvalue weighted by Gasteiger charge is -2.48. The molecule has 0 radical (unpaired) electrons. The zero-order chi connectivity index (χ0) is 24.5. The molecule has 3 heterocycles. The number of nitrogens with zero attached hydrogens (tertiary/aromatic N) is 1. The smallest absolute Gasteiger partial charge is 0.319 e. The van der Waals surface area contributed by atoms with Gasteiger partial charge in [0.25, 0.3) is 0 Å². The SMILES string of the molecule is COC(=O)C12C[C@H](CCCCOC(C)=O)CN(CCc3c1[nH]c1cc(OC)c(OC)cc31)C2C. The molecule has 1 fully saturated rings. The number of esters is 2. The summed E-state index contributed by atoms with van der Waals surface area (Å²) < 4.78 is 21.6. The molecule has 1 aromatic carbocycles. The van der Waals surface area contributed by atoms with Gasteiger partial charge in [0.05, 0.1) is 27.9 Å². The van der Waals surface area contributed by atoms with Gasteiger partial charge in [-0.3, -0.25) is 14.5 Å². The Balaban J connectivity index is 1.73. The number of ether oxygens (including phenoxy) is 4. The molecule has 1 aromatic heterocycles. The zero-order valence-corrected chi connectivity index (χ0v) is 20.9. The van der Waals surface area contributed by atoms with Crippen molar-refractivity contribution in [2.45, 2.75) is 57.4 Å². The topological polar surface area (TPSA) is 90.1 Å². The van der Waals surface area contributed by atoms with Crippen LogP contribution >= 0.6 is 0 Å². The molecule has 4 rings (SSSR count). The van der Waals surface area contributed by atoms with E-state index in [2.05, 4.69) is 16.8 Å². The van der Waals surface area contributed by atoms with E-state index in [4.69, 9.17) is 18.9 Å². The number of aromatic nitrogens is 1. The molecule has 186 valence electrons. The van der Waals surface area contributed by atoms with Crippen LogP contribution in [0.3, 0.4) is 0 Å². The molecule has 2 aliphatic rings. The molecule has 3 unspecified atom stereocenters. The van der Waals surface area contributed by atoms with Crippen molar-refractivity contribution in [1.29, 1.82) is 0 Å². The number of carbonyl (C=O) groups excluding carboxylic acids is 2. The van der Waals surface area contributed by atoms with E-state index in [0.717, 1.165) is 67.4 Å². The van der Waals surface area contributed by atoms with Crippen LogP contribution in [0.25, 0.3) is 10.9 Å². The molecular formula is C26H36N2O6. The lowest BCUT2D eigenvalue weighted by molar-refractivity contribution is -0.154. The van der Waals surface area contributed by atoms with Gasteiger partial charge in [0.15, 0.2) is 11.5 Å². The average molecular weight is 473 g/mol. The first-order chi connectivity index (χ1) is 16.3. The maximum Gasteiger partial charge on any atom is 0.319 e. The monoisotopic (exact) mass is 472 g/mol. The van der Waals surface area contributed by atoms with E-state index in [1.54, 1.807) is 14.2 Å². The highest BCUT2D eigenvalue weighted by molar-refractivity contribution is 5.93. The van der Waals surface area contributed by atoms with Crippen molar-refractivity contribution in [3.63, 3.8) is 0 Å². The highest BCUT2D eigenvalue weighted by Crippen LogP contribution is 2.49. The minimum absolute atomic E-state index is 0.00958. The summed E-state index contributed by atoms with van der Waals surface area (Å²) >= 11 is 0. The van der Waals surface area contributed by atoms with Crippen LogP contribution < -0.4 is 9.47 Å². The van der Waals surface area contributed by atoms with E-state index >= 15 is 0 Å². The minimum atomic E-state index is -0.779. The average Bonchev–Trinajstić information content (AvgIpc) is 3.17. The first-order valence-electron chi connectivity index (χ1n) is 12.1. The van der Waals surface area contributed by atoms with Gasteiger partial charge in [-0.05, 0) is 56.6 Å². The van der Waals surface area contributed by atoms with Crippen LogP contribution in [0.4, 0.5) is 0 Å². The van der Waals surface area contributed by atoms with Gasteiger partial charge < -0.3 is 23.9 Å². The molecule has 8 nitrogen and oxygen atoms in total. The molecule has 34 heavy (non-hydrogen) atoms. The molecule has 1 saturated heterocycles. The third-order valence-electron chi connectivity index (χ3n) is 7.73. The highest BCUT2D eigenvalue weighted by atomic mass is 16.5. The predicted octanol–water partition coefficient (Wildman–Crippen LogP) is 3.60. The first-order valence-corrected chi connectivity index (χ1v) is 12.1. The molecule has 0 spiro atoms. The van der Waals surface area contributed by atoms with Gasteiger partial charge in [-0.1, -0.05) is 0 Å². The summed E-state index contributed by atoms with van der Waals surface area (Å²) in [6.45, 7) is 5.85. The number of carbonyl (C=O) groups is 2. The second-order valence-electron chi connectivity index (χ2n) is 9.52. The number of piperidine rings is 1. The van der Waals surface area contributed by atoms with Crippen LogP contribution in [-0.2, 0) is 30.9 Å². The Hall–Kier alpha value is -2.74. The van der Waals surface area contributed by atoms with Crippen molar-refractivity contribution in [3.05, 3.63) is 23.4 Å². The fraction of sp³-hybridized carbons (Fsp3) is 0.615. The fourth-order valence-electron chi connectivity index (χ4n) is 6.04. The van der Waals surface area contributed by atoms with E-state index < -0.39 is 5.41 Å². The lowest BCUT2D eigenvalue weighted by Crippen LogP contribution is -2.59. The summed E-state index contributed by atoms with van der Waals surface area (Å²) in [5, 5.41) is 1.06. The van der Waals surface area contributed by atoms with Crippen molar-refractivity contribution < 1.29 is 28.5 Å². The van der Waals surface area contributed by atoms with E-state index in [1.807, 2.05) is 12.1 Å². The first kappa shape index (κ1) is 24.4. The summed E-state index contributed by atoms with van der Waals surface area (Å²) in [5.74, 6) is 1.24. The molecule has 0 saturated carbocycles. The fourth-order valence-corrected chi connectivity index (χ4v) is 6.04. The lowest BCUT2D eigenvalue weighted by atomic mass is 9.67. The number of unbranched alkanes of at least 4 members (excludes halogenated alkanes) is 1. The van der Waals surface area contributed by atoms with E-state index in [9.17, 15) is 9.59 Å². The van der Waals surface area contributed by atoms with Crippen molar-refractivity contribution in [1.82, 2.24) is 9.88 Å². The van der Waals surface area contributed by atoms with Gasteiger partial charge in [0.1, 0.15) is 5.41 Å². The van der Waals surface area contributed by atoms with Gasteiger partial charge in [0, 0.05) is 48.7 Å². The number of fused-ring (bicyclic) bond motifs is 6. The summed E-state index contributed by atoms with van der Waals surface area (Å²) in [7, 11) is 4.74. The maximum absolute atomic E-state index is 13.6. The van der Waals surface area contributed by atoms with Crippen molar-refractivity contribution >= 4 is 22.8 Å². The largest absolute Gasteiger partial charge is 0.493 e. The molecule has 0 amide bonds. The minimum Gasteiger partial charge on any atom is -0.493 e. The Morgan fingerprint density at radius 2 is 1.88 bits per heavy atom. The van der Waals surface area contributed by atoms with Gasteiger partial charge in [0.2, 0.25) is 0 Å². The van der Waals surface area contributed by atoms with E-state index in [1.165, 1.54) is 14.0 Å². The van der Waals surface area contributed by atoms with Crippen molar-refractivity contribution in [3.8, 4) is 11.5 Å². The van der Waals surface area contributed by atoms with Crippen LogP contribution in [-0.4, -0.2) is 68.9 Å². The Bertz CT molecular complexity index is 1060. The number of rotatable bonds is 8. The molecule has 0 aliphatic carbocycles. The Morgan fingerprint density at radius 3 is 2.56 bits per heavy atom. The summed E-state index contributed by atoms with van der Waals surface area (Å²) in [5.41, 5.74) is 2.28. The second kappa shape index (κ2) is 9.86. The maximum atomic E-state index is 13.6. The van der Waals surface area contributed by atoms with Gasteiger partial charge in [-0.25, -0.2) is 0 Å². The summed E-state index contributed by atoms with van der Waals surface area (Å²) in [6, 6.07) is 3.97. The van der Waals surface area contributed by atoms with Gasteiger partial charge >= 0.3 is 11.9 Å². The number of aromatic amines is 1. The molecule has 2 aromatic rings. The molecule has 2 bridgehead atoms. The normalized spacial score (nSPS) is 25.9. The number of nitrogens with one attached hydrogen (secondary N) is 1. The third kappa shape index (κ3) is 4.13. The molecule has 4 atom stereocenters. The van der Waals surface area contributed by atoms with Crippen molar-refractivity contribution in [2.75, 3.05) is 41.0 Å². The van der Waals surface area contributed by atoms with E-state index in [0.29, 0.717) is 24.0 Å². The zero-order valence-electron chi connectivity index (χ0n) is 20.9. The van der Waals surface area contributed by atoms with Crippen LogP contribution in [0.15, 0.2) is 12.1 Å². The van der Waals surface area contributed by atoms with E-state index in [-0.39, 0.29) is 18.0 Å². The highest BCUT2D eigenvalue weighted by Gasteiger charge is 2.56. The van der Waals surface area contributed by atoms with Crippen LogP contribution in [0, 0.1) is 5.92 Å². The summed E-state index contributed by atoms with van der Waals surface area (Å²) in [6.07, 6.45) is 4.31. The van der Waals surface area contributed by atoms with Crippen LogP contribution in [0.2, 0.25) is 0 Å². The molecule has 8 heteroatoms. The quantitative estimate of drug-likeness (QED) is 0.464. The van der Waals surface area contributed by atoms with Gasteiger partial charge in [-0.15, -0.1) is 0 Å². The van der Waals surface area contributed by atoms with Gasteiger partial charge in [-0.2, -0.15) is 0 Å². The molecule has 2 aliphatic heterocycles. The number of benzene rings is 1. The van der Waals surface area contributed by atoms with Crippen LogP contribution in [0.5, 0.6) is 11.5 Å². The number of H-pyrrole nitrogens is 1. The summed E-state index contributed by atoms with van der Waals surface area (Å²) in [4.78, 5) is 30.7. The number of methoxy groups -OCH3 is 3. The third-order valence-corrected chi connectivity index (χ3v) is 7.73. The van der Waals surface area contributed by atoms with Crippen LogP contribution in [0.1, 0.15) is 50.8 Å². The van der Waals surface area contributed by atoms with Crippen molar-refractivity contribution in [2.24, 2.45) is 5.92 Å². The number of hydrogen-bond acceptors (Lipinski definition) is 7. The molecule has 1 N–H and O–H groups in total. The Kier molecular flexibility index (Phi) is 7.07. The molecular weight excluding hydrogens is 436 g/mol.